The predicted octanol–water partition coefficient (Wildman–Crippen LogP) is 2.54. The molecule has 2 aromatic carbocycles. The zero-order valence-corrected chi connectivity index (χ0v) is 19.6. The second kappa shape index (κ2) is 11.3. The average molecular weight is 483 g/mol. The Morgan fingerprint density at radius 2 is 1.74 bits per heavy atom. The van der Waals surface area contributed by atoms with E-state index in [0.29, 0.717) is 6.42 Å². The first-order chi connectivity index (χ1) is 17.0. The molecule has 1 aliphatic carbocycles. The summed E-state index contributed by atoms with van der Waals surface area (Å²) in [5.74, 6) is -1.99. The van der Waals surface area contributed by atoms with E-state index in [1.165, 1.54) is 7.11 Å². The van der Waals surface area contributed by atoms with Gasteiger partial charge in [-0.15, -0.1) is 0 Å². The van der Waals surface area contributed by atoms with Crippen LogP contribution in [0.15, 0.2) is 48.5 Å². The molecule has 2 amide bonds. The number of hydrogen-bond acceptors (Lipinski definition) is 6. The molecule has 9 nitrogen and oxygen atoms in total. The number of nitrogens with one attached hydrogen (secondary N) is 2. The van der Waals surface area contributed by atoms with Crippen molar-refractivity contribution in [2.75, 3.05) is 33.5 Å². The minimum Gasteiger partial charge on any atom is -0.480 e. The number of fused-ring (bicyclic) bond motifs is 3. The summed E-state index contributed by atoms with van der Waals surface area (Å²) in [6.45, 7) is 0.811. The fourth-order valence-electron chi connectivity index (χ4n) is 4.66. The molecule has 4 rings (SSSR count). The van der Waals surface area contributed by atoms with Crippen LogP contribution in [-0.4, -0.2) is 68.7 Å². The number of carboxylic acid groups (broad SMARTS) is 1. The highest BCUT2D eigenvalue weighted by molar-refractivity contribution is 5.85. The summed E-state index contributed by atoms with van der Waals surface area (Å²) in [7, 11) is 1.47. The number of rotatable bonds is 10. The van der Waals surface area contributed by atoms with Gasteiger partial charge < -0.3 is 30.0 Å². The van der Waals surface area contributed by atoms with Crippen LogP contribution in [0.1, 0.15) is 29.9 Å². The molecule has 35 heavy (non-hydrogen) atoms. The maximum absolute atomic E-state index is 12.5. The van der Waals surface area contributed by atoms with Gasteiger partial charge in [-0.25, -0.2) is 9.59 Å². The largest absolute Gasteiger partial charge is 0.480 e. The Morgan fingerprint density at radius 1 is 1.09 bits per heavy atom. The van der Waals surface area contributed by atoms with Gasteiger partial charge in [0.05, 0.1) is 18.6 Å². The van der Waals surface area contributed by atoms with Crippen molar-refractivity contribution in [2.45, 2.75) is 30.9 Å². The van der Waals surface area contributed by atoms with Gasteiger partial charge in [-0.05, 0) is 28.7 Å². The first-order valence-corrected chi connectivity index (χ1v) is 11.7. The second-order valence-corrected chi connectivity index (χ2v) is 8.78. The van der Waals surface area contributed by atoms with E-state index in [2.05, 4.69) is 34.9 Å². The molecule has 0 saturated carbocycles. The molecule has 1 saturated heterocycles. The van der Waals surface area contributed by atoms with Crippen molar-refractivity contribution in [3.8, 4) is 11.1 Å². The summed E-state index contributed by atoms with van der Waals surface area (Å²) in [5, 5.41) is 14.5. The molecular weight excluding hydrogens is 452 g/mol. The number of carbonyl (C=O) groups is 3. The van der Waals surface area contributed by atoms with E-state index < -0.39 is 24.0 Å². The van der Waals surface area contributed by atoms with Crippen molar-refractivity contribution in [1.82, 2.24) is 10.6 Å². The smallest absolute Gasteiger partial charge is 0.407 e. The highest BCUT2D eigenvalue weighted by Gasteiger charge is 2.33. The lowest BCUT2D eigenvalue weighted by Crippen LogP contribution is -2.44. The normalized spacial score (nSPS) is 19.5. The number of ether oxygens (including phenoxy) is 3. The van der Waals surface area contributed by atoms with Gasteiger partial charge in [-0.1, -0.05) is 48.5 Å². The van der Waals surface area contributed by atoms with Gasteiger partial charge in [0.2, 0.25) is 5.91 Å². The van der Waals surface area contributed by atoms with Gasteiger partial charge in [0.1, 0.15) is 12.6 Å². The lowest BCUT2D eigenvalue weighted by Gasteiger charge is -2.17. The maximum atomic E-state index is 12.5. The van der Waals surface area contributed by atoms with Crippen LogP contribution in [0.3, 0.4) is 0 Å². The van der Waals surface area contributed by atoms with Crippen LogP contribution in [0, 0.1) is 5.92 Å². The molecule has 1 aliphatic heterocycles. The number of amides is 2. The third-order valence-corrected chi connectivity index (χ3v) is 6.49. The van der Waals surface area contributed by atoms with Gasteiger partial charge in [0, 0.05) is 32.6 Å². The molecule has 2 aliphatic rings. The summed E-state index contributed by atoms with van der Waals surface area (Å²) in [5.41, 5.74) is 4.60. The molecule has 186 valence electrons. The van der Waals surface area contributed by atoms with Crippen molar-refractivity contribution in [3.63, 3.8) is 0 Å². The Kier molecular flexibility index (Phi) is 7.99. The molecular formula is C26H30N2O7. The number of benzene rings is 2. The summed E-state index contributed by atoms with van der Waals surface area (Å²) in [6, 6.07) is 15.2. The van der Waals surface area contributed by atoms with Crippen LogP contribution < -0.4 is 10.6 Å². The minimum absolute atomic E-state index is 0.0238. The van der Waals surface area contributed by atoms with E-state index in [9.17, 15) is 19.5 Å². The van der Waals surface area contributed by atoms with Gasteiger partial charge >= 0.3 is 12.1 Å². The number of carboxylic acids is 1. The van der Waals surface area contributed by atoms with Crippen LogP contribution >= 0.6 is 0 Å². The SMILES string of the molecule is COCCC(NC(=O)[C@@H]1CO[C@H](CNC(=O)OCC2c3ccccc3-c3ccccc32)C1)C(=O)O. The standard InChI is InChI=1S/C26H30N2O7/c1-33-11-10-23(25(30)31)28-24(29)16-12-17(34-14-16)13-27-26(32)35-15-22-20-8-4-2-6-18(20)19-7-3-5-9-21(19)22/h2-9,16-17,22-23H,10-15H2,1H3,(H,27,32)(H,28,29)(H,30,31)/t16-,17-,23?/m0/s1. The van der Waals surface area contributed by atoms with Crippen LogP contribution in [0.25, 0.3) is 11.1 Å². The molecule has 1 unspecified atom stereocenters. The highest BCUT2D eigenvalue weighted by atomic mass is 16.5. The summed E-state index contributed by atoms with van der Waals surface area (Å²) < 4.78 is 16.1. The third-order valence-electron chi connectivity index (χ3n) is 6.49. The van der Waals surface area contributed by atoms with Gasteiger partial charge in [-0.3, -0.25) is 4.79 Å². The Labute approximate surface area is 203 Å². The second-order valence-electron chi connectivity index (χ2n) is 8.78. The molecule has 0 bridgehead atoms. The fraction of sp³-hybridized carbons (Fsp3) is 0.423. The molecule has 3 N–H and O–H groups in total. The van der Waals surface area contributed by atoms with Crippen LogP contribution in [0.2, 0.25) is 0 Å². The zero-order chi connectivity index (χ0) is 24.8. The predicted molar refractivity (Wildman–Crippen MR) is 127 cm³/mol. The van der Waals surface area contributed by atoms with E-state index in [1.807, 2.05) is 24.3 Å². The zero-order valence-electron chi connectivity index (χ0n) is 19.6. The van der Waals surface area contributed by atoms with Crippen molar-refractivity contribution < 1.29 is 33.7 Å². The fourth-order valence-corrected chi connectivity index (χ4v) is 4.66. The first kappa shape index (κ1) is 24.7. The van der Waals surface area contributed by atoms with Crippen molar-refractivity contribution in [2.24, 2.45) is 5.92 Å². The highest BCUT2D eigenvalue weighted by Crippen LogP contribution is 2.44. The van der Waals surface area contributed by atoms with Crippen molar-refractivity contribution >= 4 is 18.0 Å². The van der Waals surface area contributed by atoms with Gasteiger partial charge in [0.15, 0.2) is 0 Å². The molecule has 3 atom stereocenters. The van der Waals surface area contributed by atoms with E-state index >= 15 is 0 Å². The number of carbonyl (C=O) groups excluding carboxylic acids is 2. The van der Waals surface area contributed by atoms with Crippen molar-refractivity contribution in [1.29, 1.82) is 0 Å². The average Bonchev–Trinajstić information content (AvgIpc) is 3.47. The molecule has 0 aromatic heterocycles. The third kappa shape index (κ3) is 5.80. The van der Waals surface area contributed by atoms with Crippen molar-refractivity contribution in [3.05, 3.63) is 59.7 Å². The van der Waals surface area contributed by atoms with Gasteiger partial charge in [0.25, 0.3) is 0 Å². The van der Waals surface area contributed by atoms with E-state index in [1.54, 1.807) is 0 Å². The molecule has 2 aromatic rings. The quantitative estimate of drug-likeness (QED) is 0.476. The molecule has 0 radical (unpaired) electrons. The Hall–Kier alpha value is -3.43. The lowest BCUT2D eigenvalue weighted by atomic mass is 9.98. The summed E-state index contributed by atoms with van der Waals surface area (Å²) in [4.78, 5) is 36.1. The van der Waals surface area contributed by atoms with E-state index in [0.717, 1.165) is 22.3 Å². The van der Waals surface area contributed by atoms with Crippen LogP contribution in [-0.2, 0) is 23.8 Å². The minimum atomic E-state index is -1.11. The Balaban J connectivity index is 1.23. The summed E-state index contributed by atoms with van der Waals surface area (Å²) >= 11 is 0. The van der Waals surface area contributed by atoms with Crippen LogP contribution in [0.4, 0.5) is 4.79 Å². The number of methoxy groups -OCH3 is 1. The molecule has 0 spiro atoms. The molecule has 9 heteroatoms. The first-order valence-electron chi connectivity index (χ1n) is 11.7. The monoisotopic (exact) mass is 482 g/mol. The molecule has 1 fully saturated rings. The summed E-state index contributed by atoms with van der Waals surface area (Å²) in [6.07, 6.45) is -0.341. The van der Waals surface area contributed by atoms with E-state index in [-0.39, 0.29) is 50.7 Å². The number of hydrogen-bond donors (Lipinski definition) is 3. The van der Waals surface area contributed by atoms with Crippen LogP contribution in [0.5, 0.6) is 0 Å². The Bertz CT molecular complexity index is 1030. The number of aliphatic carboxylic acids is 1. The maximum Gasteiger partial charge on any atom is 0.407 e. The Morgan fingerprint density at radius 3 is 2.37 bits per heavy atom. The van der Waals surface area contributed by atoms with Gasteiger partial charge in [-0.2, -0.15) is 0 Å². The lowest BCUT2D eigenvalue weighted by molar-refractivity contribution is -0.143. The van der Waals surface area contributed by atoms with E-state index in [4.69, 9.17) is 14.2 Å². The topological polar surface area (TPSA) is 123 Å². The number of alkyl carbamates (subject to hydrolysis) is 1. The molecule has 1 heterocycles.